The largest absolute Gasteiger partial charge is 0.480 e. The van der Waals surface area contributed by atoms with Crippen molar-refractivity contribution in [3.8, 4) is 11.1 Å². The van der Waals surface area contributed by atoms with Crippen LogP contribution in [-0.4, -0.2) is 58.9 Å². The lowest BCUT2D eigenvalue weighted by Gasteiger charge is -2.35. The minimum atomic E-state index is -4.59. The molecule has 0 aliphatic carbocycles. The second kappa shape index (κ2) is 7.39. The summed E-state index contributed by atoms with van der Waals surface area (Å²) in [5, 5.41) is 15.3. The summed E-state index contributed by atoms with van der Waals surface area (Å²) in [6.07, 6.45) is -4.59. The van der Waals surface area contributed by atoms with Crippen LogP contribution in [0.15, 0.2) is 30.3 Å². The summed E-state index contributed by atoms with van der Waals surface area (Å²) in [4.78, 5) is 14.7. The summed E-state index contributed by atoms with van der Waals surface area (Å²) in [6, 6.07) is 7.87. The van der Waals surface area contributed by atoms with E-state index in [1.807, 2.05) is 4.90 Å². The number of nitrogen functional groups attached to an aromatic ring is 1. The highest BCUT2D eigenvalue weighted by molar-refractivity contribution is 5.75. The monoisotopic (exact) mass is 381 g/mol. The first-order valence-electron chi connectivity index (χ1n) is 8.24. The molecule has 1 aromatic carbocycles. The van der Waals surface area contributed by atoms with Gasteiger partial charge in [-0.25, -0.2) is 0 Å². The van der Waals surface area contributed by atoms with Crippen molar-refractivity contribution in [1.29, 1.82) is 0 Å². The van der Waals surface area contributed by atoms with Crippen molar-refractivity contribution in [2.24, 2.45) is 0 Å². The molecule has 27 heavy (non-hydrogen) atoms. The molecular formula is C17H18F3N5O2. The van der Waals surface area contributed by atoms with Gasteiger partial charge in [0, 0.05) is 37.4 Å². The smallest absolute Gasteiger partial charge is 0.435 e. The fourth-order valence-electron chi connectivity index (χ4n) is 2.98. The van der Waals surface area contributed by atoms with E-state index < -0.39 is 17.8 Å². The average molecular weight is 381 g/mol. The molecule has 1 aliphatic heterocycles. The Morgan fingerprint density at radius 3 is 2.30 bits per heavy atom. The zero-order valence-electron chi connectivity index (χ0n) is 14.3. The number of benzene rings is 1. The molecule has 3 N–H and O–H groups in total. The van der Waals surface area contributed by atoms with E-state index in [4.69, 9.17) is 10.8 Å². The molecule has 0 spiro atoms. The number of aliphatic carboxylic acids is 1. The second-order valence-corrected chi connectivity index (χ2v) is 6.23. The lowest BCUT2D eigenvalue weighted by molar-refractivity contribution is -0.141. The average Bonchev–Trinajstić information content (AvgIpc) is 2.61. The standard InChI is InChI=1S/C17H18F3N5O2/c18-17(19,20)14-9-13(16(21)23-22-14)11-1-3-12(4-2-11)25-7-5-24(6-8-25)10-15(26)27/h1-4,9H,5-8,10H2,(H2,21,23)(H,26,27). The summed E-state index contributed by atoms with van der Waals surface area (Å²) < 4.78 is 38.5. The van der Waals surface area contributed by atoms with Gasteiger partial charge in [0.05, 0.1) is 6.54 Å². The highest BCUT2D eigenvalue weighted by Crippen LogP contribution is 2.33. The van der Waals surface area contributed by atoms with Crippen LogP contribution in [0.25, 0.3) is 11.1 Å². The highest BCUT2D eigenvalue weighted by atomic mass is 19.4. The third kappa shape index (κ3) is 4.45. The lowest BCUT2D eigenvalue weighted by atomic mass is 10.1. The number of nitrogens with zero attached hydrogens (tertiary/aromatic N) is 4. The van der Waals surface area contributed by atoms with Gasteiger partial charge in [-0.2, -0.15) is 13.2 Å². The maximum absolute atomic E-state index is 12.8. The molecule has 1 fully saturated rings. The van der Waals surface area contributed by atoms with Crippen LogP contribution in [0.1, 0.15) is 5.69 Å². The predicted octanol–water partition coefficient (Wildman–Crippen LogP) is 1.95. The van der Waals surface area contributed by atoms with Crippen molar-refractivity contribution in [3.63, 3.8) is 0 Å². The van der Waals surface area contributed by atoms with Gasteiger partial charge in [0.25, 0.3) is 0 Å². The van der Waals surface area contributed by atoms with Crippen molar-refractivity contribution in [3.05, 3.63) is 36.0 Å². The van der Waals surface area contributed by atoms with Gasteiger partial charge < -0.3 is 15.7 Å². The minimum absolute atomic E-state index is 0.0165. The van der Waals surface area contributed by atoms with E-state index in [-0.39, 0.29) is 17.9 Å². The zero-order chi connectivity index (χ0) is 19.6. The van der Waals surface area contributed by atoms with Crippen LogP contribution in [0.5, 0.6) is 0 Å². The summed E-state index contributed by atoms with van der Waals surface area (Å²) >= 11 is 0. The Labute approximate surface area is 153 Å². The summed E-state index contributed by atoms with van der Waals surface area (Å²) in [5.74, 6) is -0.924. The van der Waals surface area contributed by atoms with E-state index in [1.54, 1.807) is 24.3 Å². The van der Waals surface area contributed by atoms with Crippen molar-refractivity contribution in [2.45, 2.75) is 6.18 Å². The molecule has 1 saturated heterocycles. The van der Waals surface area contributed by atoms with E-state index in [9.17, 15) is 18.0 Å². The normalized spacial score (nSPS) is 15.7. The SMILES string of the molecule is Nc1nnc(C(F)(F)F)cc1-c1ccc(N2CCN(CC(=O)O)CC2)cc1. The number of carbonyl (C=O) groups is 1. The highest BCUT2D eigenvalue weighted by Gasteiger charge is 2.34. The molecule has 7 nitrogen and oxygen atoms in total. The summed E-state index contributed by atoms with van der Waals surface area (Å²) in [7, 11) is 0. The molecular weight excluding hydrogens is 363 g/mol. The topological polar surface area (TPSA) is 95.6 Å². The molecule has 1 aromatic heterocycles. The number of rotatable bonds is 4. The Hall–Kier alpha value is -2.88. The van der Waals surface area contributed by atoms with Crippen LogP contribution >= 0.6 is 0 Å². The number of hydrogen-bond donors (Lipinski definition) is 2. The zero-order valence-corrected chi connectivity index (χ0v) is 14.3. The molecule has 0 atom stereocenters. The molecule has 0 saturated carbocycles. The Bertz CT molecular complexity index is 818. The lowest BCUT2D eigenvalue weighted by Crippen LogP contribution is -2.47. The number of aromatic nitrogens is 2. The van der Waals surface area contributed by atoms with Crippen LogP contribution in [0, 0.1) is 0 Å². The Balaban J connectivity index is 1.74. The van der Waals surface area contributed by atoms with Crippen molar-refractivity contribution < 1.29 is 23.1 Å². The van der Waals surface area contributed by atoms with Crippen LogP contribution in [0.2, 0.25) is 0 Å². The van der Waals surface area contributed by atoms with Gasteiger partial charge in [-0.05, 0) is 23.8 Å². The number of carboxylic acids is 1. The number of piperazine rings is 1. The molecule has 10 heteroatoms. The minimum Gasteiger partial charge on any atom is -0.480 e. The maximum Gasteiger partial charge on any atom is 0.435 e. The van der Waals surface area contributed by atoms with Gasteiger partial charge in [-0.1, -0.05) is 12.1 Å². The van der Waals surface area contributed by atoms with E-state index >= 15 is 0 Å². The third-order valence-electron chi connectivity index (χ3n) is 4.39. The van der Waals surface area contributed by atoms with Crippen LogP contribution in [0.4, 0.5) is 24.7 Å². The number of anilines is 2. The first-order chi connectivity index (χ1) is 12.7. The molecule has 2 heterocycles. The summed E-state index contributed by atoms with van der Waals surface area (Å²) in [6.45, 7) is 2.62. The van der Waals surface area contributed by atoms with E-state index in [2.05, 4.69) is 15.1 Å². The maximum atomic E-state index is 12.8. The molecule has 144 valence electrons. The van der Waals surface area contributed by atoms with Gasteiger partial charge in [0.1, 0.15) is 0 Å². The Morgan fingerprint density at radius 1 is 1.11 bits per heavy atom. The third-order valence-corrected chi connectivity index (χ3v) is 4.39. The molecule has 0 unspecified atom stereocenters. The van der Waals surface area contributed by atoms with E-state index in [0.29, 0.717) is 31.7 Å². The molecule has 0 bridgehead atoms. The molecule has 1 aliphatic rings. The van der Waals surface area contributed by atoms with Gasteiger partial charge >= 0.3 is 12.1 Å². The fourth-order valence-corrected chi connectivity index (χ4v) is 2.98. The fraction of sp³-hybridized carbons (Fsp3) is 0.353. The number of halogens is 3. The molecule has 0 radical (unpaired) electrons. The van der Waals surface area contributed by atoms with Crippen molar-refractivity contribution in [1.82, 2.24) is 15.1 Å². The molecule has 0 amide bonds. The quantitative estimate of drug-likeness (QED) is 0.836. The first kappa shape index (κ1) is 18.9. The van der Waals surface area contributed by atoms with Crippen LogP contribution in [0.3, 0.4) is 0 Å². The number of nitrogens with two attached hydrogens (primary N) is 1. The Kier molecular flexibility index (Phi) is 5.17. The van der Waals surface area contributed by atoms with Crippen LogP contribution in [-0.2, 0) is 11.0 Å². The van der Waals surface area contributed by atoms with Crippen molar-refractivity contribution >= 4 is 17.5 Å². The number of alkyl halides is 3. The van der Waals surface area contributed by atoms with Crippen molar-refractivity contribution in [2.75, 3.05) is 43.4 Å². The molecule has 2 aromatic rings. The van der Waals surface area contributed by atoms with Gasteiger partial charge in [0.2, 0.25) is 0 Å². The second-order valence-electron chi connectivity index (χ2n) is 6.23. The van der Waals surface area contributed by atoms with E-state index in [0.717, 1.165) is 11.8 Å². The van der Waals surface area contributed by atoms with Crippen LogP contribution < -0.4 is 10.6 Å². The first-order valence-corrected chi connectivity index (χ1v) is 8.24. The predicted molar refractivity (Wildman–Crippen MR) is 93.2 cm³/mol. The van der Waals surface area contributed by atoms with Gasteiger partial charge in [-0.15, -0.1) is 10.2 Å². The van der Waals surface area contributed by atoms with Gasteiger partial charge in [0.15, 0.2) is 11.5 Å². The summed E-state index contributed by atoms with van der Waals surface area (Å²) in [5.41, 5.74) is 6.20. The van der Waals surface area contributed by atoms with Gasteiger partial charge in [-0.3, -0.25) is 9.69 Å². The Morgan fingerprint density at radius 2 is 1.74 bits per heavy atom. The number of carboxylic acid groups (broad SMARTS) is 1. The number of hydrogen-bond acceptors (Lipinski definition) is 6. The molecule has 3 rings (SSSR count). The van der Waals surface area contributed by atoms with E-state index in [1.165, 1.54) is 0 Å².